The molecule has 1 aliphatic rings. The van der Waals surface area contributed by atoms with Gasteiger partial charge in [0.25, 0.3) is 0 Å². The zero-order chi connectivity index (χ0) is 15.4. The number of para-hydroxylation sites is 1. The van der Waals surface area contributed by atoms with Crippen LogP contribution in [-0.2, 0) is 22.5 Å². The van der Waals surface area contributed by atoms with Crippen molar-refractivity contribution < 1.29 is 9.53 Å². The minimum atomic E-state index is 0.129. The number of fused-ring (bicyclic) bond motifs is 1. The second-order valence-corrected chi connectivity index (χ2v) is 5.94. The molecule has 1 saturated heterocycles. The van der Waals surface area contributed by atoms with Crippen LogP contribution in [-0.4, -0.2) is 29.7 Å². The molecule has 2 aromatic rings. The summed E-state index contributed by atoms with van der Waals surface area (Å²) in [4.78, 5) is 12.1. The predicted octanol–water partition coefficient (Wildman–Crippen LogP) is 2.89. The van der Waals surface area contributed by atoms with Gasteiger partial charge in [0, 0.05) is 36.7 Å². The molecule has 0 radical (unpaired) electrons. The fourth-order valence-corrected chi connectivity index (χ4v) is 3.19. The van der Waals surface area contributed by atoms with E-state index in [9.17, 15) is 4.79 Å². The summed E-state index contributed by atoms with van der Waals surface area (Å²) in [6.07, 6.45) is 5.57. The van der Waals surface area contributed by atoms with Crippen molar-refractivity contribution in [3.05, 3.63) is 36.0 Å². The summed E-state index contributed by atoms with van der Waals surface area (Å²) in [5.74, 6) is 0.129. The van der Waals surface area contributed by atoms with Crippen molar-refractivity contribution in [2.75, 3.05) is 13.2 Å². The van der Waals surface area contributed by atoms with Gasteiger partial charge in [0.15, 0.2) is 0 Å². The molecule has 1 aromatic heterocycles. The van der Waals surface area contributed by atoms with E-state index in [-0.39, 0.29) is 11.9 Å². The van der Waals surface area contributed by atoms with Gasteiger partial charge in [-0.15, -0.1) is 0 Å². The van der Waals surface area contributed by atoms with Crippen LogP contribution in [0.1, 0.15) is 31.7 Å². The molecule has 3 rings (SSSR count). The Labute approximate surface area is 131 Å². The molecule has 1 amide bonds. The minimum absolute atomic E-state index is 0.129. The second kappa shape index (κ2) is 6.97. The first-order valence-corrected chi connectivity index (χ1v) is 8.21. The van der Waals surface area contributed by atoms with E-state index >= 15 is 0 Å². The van der Waals surface area contributed by atoms with Crippen LogP contribution in [0.3, 0.4) is 0 Å². The summed E-state index contributed by atoms with van der Waals surface area (Å²) < 4.78 is 7.65. The highest BCUT2D eigenvalue weighted by molar-refractivity contribution is 5.85. The standard InChI is InChI=1S/C18H24N2O2/c1-2-20-12-14(16-7-3-4-8-17(16)20)9-10-18(21)19-15-6-5-11-22-13-15/h3-4,7-8,12,15H,2,5-6,9-11,13H2,1H3,(H,19,21)/t15-/m1/s1. The van der Waals surface area contributed by atoms with Crippen LogP contribution in [0.25, 0.3) is 10.9 Å². The Kier molecular flexibility index (Phi) is 4.78. The molecule has 1 N–H and O–H groups in total. The Morgan fingerprint density at radius 3 is 3.05 bits per heavy atom. The molecule has 0 saturated carbocycles. The van der Waals surface area contributed by atoms with Crippen LogP contribution in [0, 0.1) is 0 Å². The van der Waals surface area contributed by atoms with E-state index in [2.05, 4.69) is 47.3 Å². The van der Waals surface area contributed by atoms with Gasteiger partial charge < -0.3 is 14.6 Å². The third-order valence-corrected chi connectivity index (χ3v) is 4.36. The lowest BCUT2D eigenvalue weighted by Gasteiger charge is -2.23. The summed E-state index contributed by atoms with van der Waals surface area (Å²) in [6.45, 7) is 4.57. The predicted molar refractivity (Wildman–Crippen MR) is 87.9 cm³/mol. The lowest BCUT2D eigenvalue weighted by Crippen LogP contribution is -2.40. The van der Waals surface area contributed by atoms with E-state index < -0.39 is 0 Å². The molecular formula is C18H24N2O2. The van der Waals surface area contributed by atoms with Crippen molar-refractivity contribution in [3.8, 4) is 0 Å². The van der Waals surface area contributed by atoms with Crippen molar-refractivity contribution in [2.45, 2.75) is 45.2 Å². The molecule has 118 valence electrons. The van der Waals surface area contributed by atoms with Crippen molar-refractivity contribution in [1.29, 1.82) is 0 Å². The number of nitrogens with zero attached hydrogens (tertiary/aromatic N) is 1. The van der Waals surface area contributed by atoms with Crippen molar-refractivity contribution >= 4 is 16.8 Å². The molecule has 0 bridgehead atoms. The van der Waals surface area contributed by atoms with E-state index in [1.165, 1.54) is 16.5 Å². The maximum Gasteiger partial charge on any atom is 0.220 e. The first-order valence-electron chi connectivity index (χ1n) is 8.21. The first kappa shape index (κ1) is 15.1. The molecule has 0 aliphatic carbocycles. The van der Waals surface area contributed by atoms with Gasteiger partial charge in [-0.05, 0) is 37.8 Å². The van der Waals surface area contributed by atoms with Gasteiger partial charge in [-0.25, -0.2) is 0 Å². The number of nitrogens with one attached hydrogen (secondary N) is 1. The number of hydrogen-bond donors (Lipinski definition) is 1. The zero-order valence-electron chi connectivity index (χ0n) is 13.2. The van der Waals surface area contributed by atoms with E-state index in [0.29, 0.717) is 13.0 Å². The maximum absolute atomic E-state index is 12.1. The van der Waals surface area contributed by atoms with E-state index in [1.807, 2.05) is 0 Å². The Bertz CT molecular complexity index is 642. The lowest BCUT2D eigenvalue weighted by atomic mass is 10.1. The van der Waals surface area contributed by atoms with Gasteiger partial charge >= 0.3 is 0 Å². The van der Waals surface area contributed by atoms with Gasteiger partial charge in [-0.2, -0.15) is 0 Å². The topological polar surface area (TPSA) is 43.3 Å². The lowest BCUT2D eigenvalue weighted by molar-refractivity contribution is -0.122. The molecule has 0 unspecified atom stereocenters. The Morgan fingerprint density at radius 2 is 2.27 bits per heavy atom. The summed E-state index contributed by atoms with van der Waals surface area (Å²) in [6, 6.07) is 8.60. The average molecular weight is 300 g/mol. The fourth-order valence-electron chi connectivity index (χ4n) is 3.19. The van der Waals surface area contributed by atoms with Crippen LogP contribution in [0.4, 0.5) is 0 Å². The summed E-state index contributed by atoms with van der Waals surface area (Å²) in [5.41, 5.74) is 2.51. The smallest absolute Gasteiger partial charge is 0.220 e. The Morgan fingerprint density at radius 1 is 1.41 bits per heavy atom. The molecule has 0 spiro atoms. The molecule has 1 fully saturated rings. The number of rotatable bonds is 5. The van der Waals surface area contributed by atoms with E-state index in [4.69, 9.17) is 4.74 Å². The van der Waals surface area contributed by atoms with Crippen LogP contribution < -0.4 is 5.32 Å². The molecule has 2 heterocycles. The molecule has 1 atom stereocenters. The second-order valence-electron chi connectivity index (χ2n) is 5.94. The van der Waals surface area contributed by atoms with E-state index in [1.54, 1.807) is 0 Å². The maximum atomic E-state index is 12.1. The summed E-state index contributed by atoms with van der Waals surface area (Å²) in [5, 5.41) is 4.35. The third kappa shape index (κ3) is 3.33. The zero-order valence-corrected chi connectivity index (χ0v) is 13.2. The van der Waals surface area contributed by atoms with Gasteiger partial charge in [0.1, 0.15) is 0 Å². The highest BCUT2D eigenvalue weighted by Gasteiger charge is 2.16. The number of hydrogen-bond acceptors (Lipinski definition) is 2. The number of aromatic nitrogens is 1. The van der Waals surface area contributed by atoms with Gasteiger partial charge in [0.05, 0.1) is 12.6 Å². The number of benzene rings is 1. The average Bonchev–Trinajstić information content (AvgIpc) is 2.92. The highest BCUT2D eigenvalue weighted by Crippen LogP contribution is 2.22. The third-order valence-electron chi connectivity index (χ3n) is 4.36. The number of amides is 1. The number of ether oxygens (including phenoxy) is 1. The van der Waals surface area contributed by atoms with Crippen molar-refractivity contribution in [2.24, 2.45) is 0 Å². The minimum Gasteiger partial charge on any atom is -0.379 e. The van der Waals surface area contributed by atoms with Gasteiger partial charge in [0.2, 0.25) is 5.91 Å². The van der Waals surface area contributed by atoms with E-state index in [0.717, 1.165) is 32.4 Å². The van der Waals surface area contributed by atoms with Crippen LogP contribution >= 0.6 is 0 Å². The fraction of sp³-hybridized carbons (Fsp3) is 0.500. The molecular weight excluding hydrogens is 276 g/mol. The first-order chi connectivity index (χ1) is 10.8. The SMILES string of the molecule is CCn1cc(CCC(=O)N[C@@H]2CCCOC2)c2ccccc21. The monoisotopic (exact) mass is 300 g/mol. The van der Waals surface area contributed by atoms with Crippen LogP contribution in [0.5, 0.6) is 0 Å². The highest BCUT2D eigenvalue weighted by atomic mass is 16.5. The van der Waals surface area contributed by atoms with Crippen molar-refractivity contribution in [1.82, 2.24) is 9.88 Å². The molecule has 1 aromatic carbocycles. The largest absolute Gasteiger partial charge is 0.379 e. The summed E-state index contributed by atoms with van der Waals surface area (Å²) in [7, 11) is 0. The van der Waals surface area contributed by atoms with Crippen LogP contribution in [0.15, 0.2) is 30.5 Å². The molecule has 22 heavy (non-hydrogen) atoms. The quantitative estimate of drug-likeness (QED) is 0.922. The molecule has 1 aliphatic heterocycles. The van der Waals surface area contributed by atoms with Crippen LogP contribution in [0.2, 0.25) is 0 Å². The van der Waals surface area contributed by atoms with Gasteiger partial charge in [-0.3, -0.25) is 4.79 Å². The van der Waals surface area contributed by atoms with Gasteiger partial charge in [-0.1, -0.05) is 18.2 Å². The Balaban J connectivity index is 1.62. The molecule has 4 nitrogen and oxygen atoms in total. The number of carbonyl (C=O) groups is 1. The normalized spacial score (nSPS) is 18.5. The molecule has 4 heteroatoms. The number of carbonyl (C=O) groups excluding carboxylic acids is 1. The summed E-state index contributed by atoms with van der Waals surface area (Å²) >= 11 is 0. The number of aryl methyl sites for hydroxylation is 2. The van der Waals surface area contributed by atoms with Crippen molar-refractivity contribution in [3.63, 3.8) is 0 Å². The Hall–Kier alpha value is -1.81.